The van der Waals surface area contributed by atoms with E-state index in [1.54, 1.807) is 12.2 Å². The summed E-state index contributed by atoms with van der Waals surface area (Å²) in [6.45, 7) is 5.98. The molecular formula is C20H19F3O2. The molecule has 0 aliphatic carbocycles. The fourth-order valence-electron chi connectivity index (χ4n) is 2.50. The van der Waals surface area contributed by atoms with Crippen LogP contribution in [0.15, 0.2) is 42.5 Å². The molecule has 2 rings (SSSR count). The number of carboxylic acids is 1. The lowest BCUT2D eigenvalue weighted by Crippen LogP contribution is -2.13. The maximum Gasteiger partial charge on any atom is 0.417 e. The van der Waals surface area contributed by atoms with E-state index in [1.807, 2.05) is 32.9 Å². The monoisotopic (exact) mass is 348 g/mol. The first-order valence-corrected chi connectivity index (χ1v) is 7.79. The minimum absolute atomic E-state index is 0.0211. The Kier molecular flexibility index (Phi) is 5.36. The lowest BCUT2D eigenvalue weighted by Gasteiger charge is -2.12. The highest BCUT2D eigenvalue weighted by atomic mass is 19.4. The number of rotatable bonds is 4. The van der Waals surface area contributed by atoms with Crippen LogP contribution < -0.4 is 0 Å². The van der Waals surface area contributed by atoms with Crippen molar-refractivity contribution in [2.75, 3.05) is 0 Å². The van der Waals surface area contributed by atoms with E-state index in [9.17, 15) is 18.0 Å². The van der Waals surface area contributed by atoms with Crippen LogP contribution in [-0.4, -0.2) is 11.1 Å². The van der Waals surface area contributed by atoms with E-state index in [1.165, 1.54) is 11.6 Å². The first-order chi connectivity index (χ1) is 11.6. The predicted octanol–water partition coefficient (Wildman–Crippen LogP) is 5.84. The molecule has 5 heteroatoms. The summed E-state index contributed by atoms with van der Waals surface area (Å²) in [7, 11) is 0. The van der Waals surface area contributed by atoms with Crippen LogP contribution in [0.3, 0.4) is 0 Å². The van der Waals surface area contributed by atoms with Crippen LogP contribution in [0, 0.1) is 13.8 Å². The fourth-order valence-corrected chi connectivity index (χ4v) is 2.50. The van der Waals surface area contributed by atoms with Crippen molar-refractivity contribution in [3.63, 3.8) is 0 Å². The molecule has 0 amide bonds. The third kappa shape index (κ3) is 4.50. The van der Waals surface area contributed by atoms with Gasteiger partial charge < -0.3 is 5.11 Å². The van der Waals surface area contributed by atoms with Crippen molar-refractivity contribution >= 4 is 12.0 Å². The minimum Gasteiger partial charge on any atom is -0.478 e. The van der Waals surface area contributed by atoms with Gasteiger partial charge in [0.1, 0.15) is 0 Å². The van der Waals surface area contributed by atoms with Gasteiger partial charge in [-0.25, -0.2) is 4.79 Å². The smallest absolute Gasteiger partial charge is 0.417 e. The molecule has 0 saturated carbocycles. The number of hydrogen-bond acceptors (Lipinski definition) is 1. The van der Waals surface area contributed by atoms with Crippen molar-refractivity contribution < 1.29 is 23.1 Å². The van der Waals surface area contributed by atoms with Crippen LogP contribution in [0.2, 0.25) is 0 Å². The topological polar surface area (TPSA) is 37.3 Å². The molecule has 0 heterocycles. The number of carbonyl (C=O) groups is 1. The number of carboxylic acid groups (broad SMARTS) is 1. The molecule has 0 aromatic heterocycles. The third-order valence-corrected chi connectivity index (χ3v) is 4.21. The second kappa shape index (κ2) is 7.13. The summed E-state index contributed by atoms with van der Waals surface area (Å²) < 4.78 is 39.1. The molecule has 132 valence electrons. The fraction of sp³-hybridized carbons (Fsp3) is 0.250. The number of hydrogen-bond donors (Lipinski definition) is 1. The van der Waals surface area contributed by atoms with E-state index < -0.39 is 23.3 Å². The van der Waals surface area contributed by atoms with Crippen LogP contribution in [0.5, 0.6) is 0 Å². The first kappa shape index (κ1) is 18.8. The Morgan fingerprint density at radius 2 is 1.76 bits per heavy atom. The Morgan fingerprint density at radius 1 is 1.08 bits per heavy atom. The van der Waals surface area contributed by atoms with Crippen LogP contribution >= 0.6 is 0 Å². The maximum absolute atomic E-state index is 13.0. The van der Waals surface area contributed by atoms with Crippen molar-refractivity contribution in [1.82, 2.24) is 0 Å². The van der Waals surface area contributed by atoms with Gasteiger partial charge in [-0.1, -0.05) is 43.3 Å². The SMILES string of the molecule is Cc1ccc(C(C)/C=C/c2ccc(C(=O)O)c(C(F)(F)F)c2)cc1C. The second-order valence-electron chi connectivity index (χ2n) is 6.10. The Labute approximate surface area is 144 Å². The molecule has 2 aromatic carbocycles. The average Bonchev–Trinajstić information content (AvgIpc) is 2.54. The van der Waals surface area contributed by atoms with E-state index in [-0.39, 0.29) is 5.92 Å². The third-order valence-electron chi connectivity index (χ3n) is 4.21. The first-order valence-electron chi connectivity index (χ1n) is 7.79. The number of aryl methyl sites for hydroxylation is 2. The lowest BCUT2D eigenvalue weighted by molar-refractivity contribution is -0.138. The highest BCUT2D eigenvalue weighted by Crippen LogP contribution is 2.33. The van der Waals surface area contributed by atoms with Gasteiger partial charge in [-0.15, -0.1) is 0 Å². The van der Waals surface area contributed by atoms with Gasteiger partial charge >= 0.3 is 12.1 Å². The molecular weight excluding hydrogens is 329 g/mol. The number of aromatic carboxylic acids is 1. The van der Waals surface area contributed by atoms with Gasteiger partial charge in [-0.2, -0.15) is 13.2 Å². The lowest BCUT2D eigenvalue weighted by atomic mass is 9.95. The predicted molar refractivity (Wildman–Crippen MR) is 91.8 cm³/mol. The molecule has 0 spiro atoms. The van der Waals surface area contributed by atoms with Crippen molar-refractivity contribution in [3.05, 3.63) is 75.9 Å². The van der Waals surface area contributed by atoms with E-state index in [0.29, 0.717) is 5.56 Å². The van der Waals surface area contributed by atoms with E-state index in [4.69, 9.17) is 5.11 Å². The van der Waals surface area contributed by atoms with Gasteiger partial charge in [0.2, 0.25) is 0 Å². The van der Waals surface area contributed by atoms with Gasteiger partial charge in [-0.05, 0) is 54.2 Å². The summed E-state index contributed by atoms with van der Waals surface area (Å²) in [6, 6.07) is 9.30. The normalized spacial score (nSPS) is 13.2. The largest absolute Gasteiger partial charge is 0.478 e. The molecule has 0 saturated heterocycles. The number of allylic oxidation sites excluding steroid dienone is 1. The molecule has 0 fully saturated rings. The minimum atomic E-state index is -4.71. The molecule has 2 aromatic rings. The standard InChI is InChI=1S/C20H19F3O2/c1-12-5-8-16(10-14(12)3)13(2)4-6-15-7-9-17(19(24)25)18(11-15)20(21,22)23/h4-11,13H,1-3H3,(H,24,25)/b6-4+. The summed E-state index contributed by atoms with van der Waals surface area (Å²) in [5.41, 5.74) is 1.83. The summed E-state index contributed by atoms with van der Waals surface area (Å²) in [6.07, 6.45) is -1.32. The van der Waals surface area contributed by atoms with E-state index >= 15 is 0 Å². The zero-order chi connectivity index (χ0) is 18.8. The summed E-state index contributed by atoms with van der Waals surface area (Å²) >= 11 is 0. The summed E-state index contributed by atoms with van der Waals surface area (Å²) in [5.74, 6) is -1.57. The molecule has 0 bridgehead atoms. The Hall–Kier alpha value is -2.56. The molecule has 0 aliphatic heterocycles. The van der Waals surface area contributed by atoms with Crippen molar-refractivity contribution in [2.45, 2.75) is 32.9 Å². The van der Waals surface area contributed by atoms with E-state index in [0.717, 1.165) is 23.3 Å². The maximum atomic E-state index is 13.0. The molecule has 0 radical (unpaired) electrons. The van der Waals surface area contributed by atoms with Crippen molar-refractivity contribution in [3.8, 4) is 0 Å². The second-order valence-corrected chi connectivity index (χ2v) is 6.10. The molecule has 1 unspecified atom stereocenters. The van der Waals surface area contributed by atoms with Gasteiger partial charge in [-0.3, -0.25) is 0 Å². The van der Waals surface area contributed by atoms with Gasteiger partial charge in [0.15, 0.2) is 0 Å². The Morgan fingerprint density at radius 3 is 2.32 bits per heavy atom. The zero-order valence-electron chi connectivity index (χ0n) is 14.2. The van der Waals surface area contributed by atoms with Gasteiger partial charge in [0.25, 0.3) is 0 Å². The molecule has 0 aliphatic rings. The van der Waals surface area contributed by atoms with Crippen LogP contribution in [0.1, 0.15) is 51.0 Å². The Bertz CT molecular complexity index is 820. The van der Waals surface area contributed by atoms with Crippen LogP contribution in [0.4, 0.5) is 13.2 Å². The molecule has 2 nitrogen and oxygen atoms in total. The highest BCUT2D eigenvalue weighted by molar-refractivity contribution is 5.90. The number of alkyl halides is 3. The average molecular weight is 348 g/mol. The van der Waals surface area contributed by atoms with Crippen molar-refractivity contribution in [2.24, 2.45) is 0 Å². The molecule has 1 N–H and O–H groups in total. The molecule has 25 heavy (non-hydrogen) atoms. The molecule has 1 atom stereocenters. The number of halogens is 3. The summed E-state index contributed by atoms with van der Waals surface area (Å²) in [5, 5.41) is 8.92. The van der Waals surface area contributed by atoms with Crippen LogP contribution in [0.25, 0.3) is 6.08 Å². The van der Waals surface area contributed by atoms with Crippen molar-refractivity contribution in [1.29, 1.82) is 0 Å². The highest BCUT2D eigenvalue weighted by Gasteiger charge is 2.35. The van der Waals surface area contributed by atoms with Gasteiger partial charge in [0.05, 0.1) is 11.1 Å². The van der Waals surface area contributed by atoms with Crippen LogP contribution in [-0.2, 0) is 6.18 Å². The van der Waals surface area contributed by atoms with E-state index in [2.05, 4.69) is 6.07 Å². The zero-order valence-corrected chi connectivity index (χ0v) is 14.2. The number of benzene rings is 2. The Balaban J connectivity index is 2.31. The summed E-state index contributed by atoms with van der Waals surface area (Å²) in [4.78, 5) is 11.0. The van der Waals surface area contributed by atoms with Gasteiger partial charge in [0, 0.05) is 0 Å². The quantitative estimate of drug-likeness (QED) is 0.754.